The zero-order valence-corrected chi connectivity index (χ0v) is 12.9. The van der Waals surface area contributed by atoms with E-state index in [1.807, 2.05) is 12.1 Å². The first-order chi connectivity index (χ1) is 10.1. The second-order valence-corrected chi connectivity index (χ2v) is 6.02. The van der Waals surface area contributed by atoms with Crippen LogP contribution >= 0.6 is 15.9 Å². The number of hydrogen-bond acceptors (Lipinski definition) is 3. The van der Waals surface area contributed by atoms with Crippen LogP contribution in [-0.4, -0.2) is 24.4 Å². The van der Waals surface area contributed by atoms with Crippen molar-refractivity contribution in [2.45, 2.75) is 25.3 Å². The maximum Gasteiger partial charge on any atom is 0.287 e. The van der Waals surface area contributed by atoms with Crippen molar-refractivity contribution >= 4 is 38.7 Å². The molecule has 5 nitrogen and oxygen atoms in total. The fourth-order valence-electron chi connectivity index (χ4n) is 2.43. The van der Waals surface area contributed by atoms with Crippen LogP contribution in [0.25, 0.3) is 11.0 Å². The van der Waals surface area contributed by atoms with E-state index < -0.39 is 6.04 Å². The molecule has 21 heavy (non-hydrogen) atoms. The predicted octanol–water partition coefficient (Wildman–Crippen LogP) is 2.59. The van der Waals surface area contributed by atoms with Crippen molar-refractivity contribution in [3.8, 4) is 0 Å². The summed E-state index contributed by atoms with van der Waals surface area (Å²) in [6, 6.07) is 6.73. The third-order valence-electron chi connectivity index (χ3n) is 3.54. The number of carbonyl (C=O) groups excluding carboxylic acids is 2. The van der Waals surface area contributed by atoms with Crippen LogP contribution in [0.2, 0.25) is 0 Å². The molecule has 1 aromatic carbocycles. The SMILES string of the molecule is O=C(NC1CCCCNC1=O)c1cc2cc(Br)ccc2o1. The van der Waals surface area contributed by atoms with E-state index in [-0.39, 0.29) is 17.6 Å². The standard InChI is InChI=1S/C15H15BrN2O3/c16-10-4-5-12-9(7-10)8-13(21-12)15(20)18-11-3-1-2-6-17-14(11)19/h4-5,7-8,11H,1-3,6H2,(H,17,19)(H,18,20). The number of hydrogen-bond donors (Lipinski definition) is 2. The van der Waals surface area contributed by atoms with Gasteiger partial charge in [0.15, 0.2) is 5.76 Å². The van der Waals surface area contributed by atoms with Crippen LogP contribution in [0.1, 0.15) is 29.8 Å². The third kappa shape index (κ3) is 3.10. The Hall–Kier alpha value is -1.82. The fraction of sp³-hybridized carbons (Fsp3) is 0.333. The van der Waals surface area contributed by atoms with Crippen LogP contribution in [0, 0.1) is 0 Å². The molecule has 0 radical (unpaired) electrons. The van der Waals surface area contributed by atoms with Crippen molar-refractivity contribution in [1.82, 2.24) is 10.6 Å². The number of furan rings is 1. The number of halogens is 1. The first-order valence-electron chi connectivity index (χ1n) is 6.91. The van der Waals surface area contributed by atoms with Crippen molar-refractivity contribution in [3.05, 3.63) is 34.5 Å². The van der Waals surface area contributed by atoms with Gasteiger partial charge in [0.25, 0.3) is 5.91 Å². The molecule has 1 unspecified atom stereocenters. The number of rotatable bonds is 2. The lowest BCUT2D eigenvalue weighted by Crippen LogP contribution is -2.45. The van der Waals surface area contributed by atoms with Gasteiger partial charge in [-0.3, -0.25) is 9.59 Å². The van der Waals surface area contributed by atoms with Crippen molar-refractivity contribution in [2.75, 3.05) is 6.54 Å². The normalized spacial score (nSPS) is 19.1. The first kappa shape index (κ1) is 14.1. The number of carbonyl (C=O) groups is 2. The van der Waals surface area contributed by atoms with E-state index in [1.54, 1.807) is 12.1 Å². The molecule has 2 N–H and O–H groups in total. The molecule has 0 aliphatic carbocycles. The van der Waals surface area contributed by atoms with Crippen molar-refractivity contribution in [3.63, 3.8) is 0 Å². The molecule has 1 saturated heterocycles. The Morgan fingerprint density at radius 3 is 3.05 bits per heavy atom. The summed E-state index contributed by atoms with van der Waals surface area (Å²) in [4.78, 5) is 24.1. The molecule has 2 aromatic rings. The van der Waals surface area contributed by atoms with Crippen LogP contribution in [0.4, 0.5) is 0 Å². The summed E-state index contributed by atoms with van der Waals surface area (Å²) < 4.78 is 6.45. The average Bonchev–Trinajstić information content (AvgIpc) is 2.78. The minimum atomic E-state index is -0.486. The van der Waals surface area contributed by atoms with Crippen molar-refractivity contribution in [2.24, 2.45) is 0 Å². The topological polar surface area (TPSA) is 71.3 Å². The molecule has 110 valence electrons. The molecule has 0 spiro atoms. The Morgan fingerprint density at radius 2 is 2.19 bits per heavy atom. The zero-order chi connectivity index (χ0) is 14.8. The van der Waals surface area contributed by atoms with E-state index in [0.717, 1.165) is 22.7 Å². The summed E-state index contributed by atoms with van der Waals surface area (Å²) >= 11 is 3.38. The largest absolute Gasteiger partial charge is 0.451 e. The molecular formula is C15H15BrN2O3. The smallest absolute Gasteiger partial charge is 0.287 e. The van der Waals surface area contributed by atoms with E-state index in [2.05, 4.69) is 26.6 Å². The highest BCUT2D eigenvalue weighted by Gasteiger charge is 2.24. The molecular weight excluding hydrogens is 336 g/mol. The summed E-state index contributed by atoms with van der Waals surface area (Å²) in [6.07, 6.45) is 2.51. The lowest BCUT2D eigenvalue weighted by atomic mass is 10.1. The maximum absolute atomic E-state index is 12.2. The average molecular weight is 351 g/mol. The second-order valence-electron chi connectivity index (χ2n) is 5.11. The summed E-state index contributed by atoms with van der Waals surface area (Å²) in [6.45, 7) is 0.671. The van der Waals surface area contributed by atoms with Gasteiger partial charge in [0.2, 0.25) is 5.91 Å². The lowest BCUT2D eigenvalue weighted by Gasteiger charge is -2.13. The summed E-state index contributed by atoms with van der Waals surface area (Å²) in [5.41, 5.74) is 0.647. The predicted molar refractivity (Wildman–Crippen MR) is 82.0 cm³/mol. The minimum absolute atomic E-state index is 0.125. The van der Waals surface area contributed by atoms with Crippen molar-refractivity contribution < 1.29 is 14.0 Å². The Morgan fingerprint density at radius 1 is 1.33 bits per heavy atom. The zero-order valence-electron chi connectivity index (χ0n) is 11.3. The third-order valence-corrected chi connectivity index (χ3v) is 4.04. The number of fused-ring (bicyclic) bond motifs is 1. The van der Waals surface area contributed by atoms with Gasteiger partial charge in [-0.25, -0.2) is 0 Å². The van der Waals surface area contributed by atoms with Gasteiger partial charge in [-0.2, -0.15) is 0 Å². The quantitative estimate of drug-likeness (QED) is 0.874. The van der Waals surface area contributed by atoms with Gasteiger partial charge in [-0.05, 0) is 43.5 Å². The Balaban J connectivity index is 1.78. The molecule has 3 rings (SSSR count). The van der Waals surface area contributed by atoms with Gasteiger partial charge >= 0.3 is 0 Å². The van der Waals surface area contributed by atoms with E-state index in [1.165, 1.54) is 0 Å². The molecule has 1 atom stereocenters. The Bertz CT molecular complexity index is 695. The van der Waals surface area contributed by atoms with Gasteiger partial charge in [0.05, 0.1) is 0 Å². The Labute approximate surface area is 130 Å². The highest BCUT2D eigenvalue weighted by molar-refractivity contribution is 9.10. The lowest BCUT2D eigenvalue weighted by molar-refractivity contribution is -0.122. The van der Waals surface area contributed by atoms with Gasteiger partial charge in [0, 0.05) is 16.4 Å². The molecule has 2 amide bonds. The van der Waals surface area contributed by atoms with Gasteiger partial charge in [-0.15, -0.1) is 0 Å². The van der Waals surface area contributed by atoms with Crippen LogP contribution in [0.5, 0.6) is 0 Å². The van der Waals surface area contributed by atoms with Crippen LogP contribution in [-0.2, 0) is 4.79 Å². The molecule has 0 bridgehead atoms. The van der Waals surface area contributed by atoms with E-state index in [0.29, 0.717) is 18.5 Å². The maximum atomic E-state index is 12.2. The number of amides is 2. The second kappa shape index (κ2) is 5.89. The van der Waals surface area contributed by atoms with E-state index >= 15 is 0 Å². The fourth-order valence-corrected chi connectivity index (χ4v) is 2.81. The number of benzene rings is 1. The van der Waals surface area contributed by atoms with Gasteiger partial charge < -0.3 is 15.1 Å². The molecule has 6 heteroatoms. The monoisotopic (exact) mass is 350 g/mol. The van der Waals surface area contributed by atoms with Crippen molar-refractivity contribution in [1.29, 1.82) is 0 Å². The molecule has 1 aliphatic rings. The molecule has 2 heterocycles. The summed E-state index contributed by atoms with van der Waals surface area (Å²) in [5, 5.41) is 6.39. The van der Waals surface area contributed by atoms with E-state index in [9.17, 15) is 9.59 Å². The molecule has 1 aliphatic heterocycles. The van der Waals surface area contributed by atoms with Crippen LogP contribution in [0.3, 0.4) is 0 Å². The number of nitrogens with one attached hydrogen (secondary N) is 2. The molecule has 1 fully saturated rings. The summed E-state index contributed by atoms with van der Waals surface area (Å²) in [5.74, 6) is -0.260. The van der Waals surface area contributed by atoms with Gasteiger partial charge in [0.1, 0.15) is 11.6 Å². The van der Waals surface area contributed by atoms with E-state index in [4.69, 9.17) is 4.42 Å². The Kier molecular flexibility index (Phi) is 3.96. The molecule has 1 aromatic heterocycles. The highest BCUT2D eigenvalue weighted by Crippen LogP contribution is 2.23. The molecule has 0 saturated carbocycles. The minimum Gasteiger partial charge on any atom is -0.451 e. The van der Waals surface area contributed by atoms with Crippen LogP contribution in [0.15, 0.2) is 33.2 Å². The van der Waals surface area contributed by atoms with Gasteiger partial charge in [-0.1, -0.05) is 15.9 Å². The highest BCUT2D eigenvalue weighted by atomic mass is 79.9. The summed E-state index contributed by atoms with van der Waals surface area (Å²) in [7, 11) is 0. The van der Waals surface area contributed by atoms with Crippen LogP contribution < -0.4 is 10.6 Å². The first-order valence-corrected chi connectivity index (χ1v) is 7.70.